The fourth-order valence-electron chi connectivity index (χ4n) is 3.56. The summed E-state index contributed by atoms with van der Waals surface area (Å²) in [6.07, 6.45) is 2.64. The average Bonchev–Trinajstić information content (AvgIpc) is 3.22. The highest BCUT2D eigenvalue weighted by molar-refractivity contribution is 7.90. The van der Waals surface area contributed by atoms with Gasteiger partial charge in [0, 0.05) is 12.6 Å². The van der Waals surface area contributed by atoms with Gasteiger partial charge < -0.3 is 10.4 Å². The van der Waals surface area contributed by atoms with Gasteiger partial charge in [0.05, 0.1) is 18.3 Å². The van der Waals surface area contributed by atoms with Gasteiger partial charge in [0.15, 0.2) is 0 Å². The Labute approximate surface area is 134 Å². The van der Waals surface area contributed by atoms with Crippen molar-refractivity contribution in [2.45, 2.75) is 36.3 Å². The normalized spacial score (nSPS) is 29.7. The van der Waals surface area contributed by atoms with Gasteiger partial charge in [-0.25, -0.2) is 4.39 Å². The molecule has 2 aliphatic heterocycles. The van der Waals surface area contributed by atoms with Crippen LogP contribution in [0.2, 0.25) is 0 Å². The number of aliphatic hydroxyl groups excluding tert-OH is 1. The molecule has 0 spiro atoms. The quantitative estimate of drug-likeness (QED) is 0.864. The lowest BCUT2D eigenvalue weighted by Gasteiger charge is -2.26. The third kappa shape index (κ3) is 2.75. The number of β-amino-alcohol motifs (C(OH)–C–C–N with tert-alkyl or cyclic N) is 1. The molecule has 1 aliphatic carbocycles. The number of anilines is 1. The molecule has 0 bridgehead atoms. The number of benzene rings is 1. The molecule has 3 aliphatic rings. The summed E-state index contributed by atoms with van der Waals surface area (Å²) in [7, 11) is -4.04. The standard InChI is InChI=1S/C15H18FN3O3S/c16-11-2-1-3-12-15(11)23(21,22)18-14(17-12)8-19-7-10(20)6-13(19)9-4-5-9/h1-3,9-10,13,20H,4-8H2,(H,17,18). The van der Waals surface area contributed by atoms with Gasteiger partial charge in [0.25, 0.3) is 10.0 Å². The summed E-state index contributed by atoms with van der Waals surface area (Å²) in [4.78, 5) is 1.68. The van der Waals surface area contributed by atoms with Crippen LogP contribution in [0.15, 0.2) is 27.5 Å². The number of rotatable bonds is 3. The van der Waals surface area contributed by atoms with Gasteiger partial charge >= 0.3 is 0 Å². The van der Waals surface area contributed by atoms with Crippen LogP contribution in [0.5, 0.6) is 0 Å². The Morgan fingerprint density at radius 1 is 1.39 bits per heavy atom. The van der Waals surface area contributed by atoms with E-state index in [1.165, 1.54) is 12.1 Å². The van der Waals surface area contributed by atoms with E-state index in [-0.39, 0.29) is 23.7 Å². The maximum Gasteiger partial charge on any atom is 0.289 e. The molecular formula is C15H18FN3O3S. The minimum atomic E-state index is -4.04. The molecule has 124 valence electrons. The summed E-state index contributed by atoms with van der Waals surface area (Å²) in [5.41, 5.74) is 0.220. The van der Waals surface area contributed by atoms with Gasteiger partial charge in [0.1, 0.15) is 16.5 Å². The van der Waals surface area contributed by atoms with Gasteiger partial charge in [-0.15, -0.1) is 4.40 Å². The molecule has 1 aromatic rings. The number of amidine groups is 1. The van der Waals surface area contributed by atoms with E-state index in [9.17, 15) is 17.9 Å². The number of nitrogens with one attached hydrogen (secondary N) is 1. The van der Waals surface area contributed by atoms with Crippen LogP contribution in [0, 0.1) is 11.7 Å². The van der Waals surface area contributed by atoms with Gasteiger partial charge in [-0.1, -0.05) is 6.07 Å². The second-order valence-corrected chi connectivity index (χ2v) is 8.02. The van der Waals surface area contributed by atoms with Crippen LogP contribution in [0.1, 0.15) is 19.3 Å². The number of hydrogen-bond donors (Lipinski definition) is 2. The minimum Gasteiger partial charge on any atom is -0.392 e. The number of halogens is 1. The van der Waals surface area contributed by atoms with Crippen molar-refractivity contribution >= 4 is 21.5 Å². The molecule has 4 rings (SSSR count). The van der Waals surface area contributed by atoms with Gasteiger partial charge in [0.2, 0.25) is 0 Å². The number of aliphatic hydroxyl groups is 1. The van der Waals surface area contributed by atoms with Crippen molar-refractivity contribution in [3.8, 4) is 0 Å². The second kappa shape index (κ2) is 5.25. The molecule has 0 aromatic heterocycles. The molecule has 1 aromatic carbocycles. The van der Waals surface area contributed by atoms with Crippen LogP contribution >= 0.6 is 0 Å². The van der Waals surface area contributed by atoms with Crippen LogP contribution < -0.4 is 5.32 Å². The lowest BCUT2D eigenvalue weighted by Crippen LogP contribution is -2.39. The molecule has 6 nitrogen and oxygen atoms in total. The van der Waals surface area contributed by atoms with E-state index in [1.807, 2.05) is 0 Å². The second-order valence-electron chi connectivity index (χ2n) is 6.48. The Kier molecular flexibility index (Phi) is 3.44. The third-order valence-corrected chi connectivity index (χ3v) is 6.07. The van der Waals surface area contributed by atoms with Crippen molar-refractivity contribution in [2.75, 3.05) is 18.4 Å². The molecule has 1 saturated carbocycles. The Hall–Kier alpha value is -1.51. The van der Waals surface area contributed by atoms with Gasteiger partial charge in [-0.05, 0) is 37.3 Å². The predicted octanol–water partition coefficient (Wildman–Crippen LogP) is 1.18. The monoisotopic (exact) mass is 339 g/mol. The number of sulfonamides is 1. The first-order valence-corrected chi connectivity index (χ1v) is 9.19. The molecule has 23 heavy (non-hydrogen) atoms. The molecule has 2 fully saturated rings. The van der Waals surface area contributed by atoms with Crippen molar-refractivity contribution in [1.82, 2.24) is 4.90 Å². The minimum absolute atomic E-state index is 0.220. The van der Waals surface area contributed by atoms with Crippen molar-refractivity contribution in [3.63, 3.8) is 0 Å². The van der Waals surface area contributed by atoms with Gasteiger partial charge in [-0.2, -0.15) is 8.42 Å². The van der Waals surface area contributed by atoms with Crippen LogP contribution in [-0.2, 0) is 10.0 Å². The van der Waals surface area contributed by atoms with E-state index < -0.39 is 20.7 Å². The van der Waals surface area contributed by atoms with Crippen molar-refractivity contribution in [3.05, 3.63) is 24.0 Å². The number of hydrogen-bond acceptors (Lipinski definition) is 5. The van der Waals surface area contributed by atoms with Crippen molar-refractivity contribution < 1.29 is 17.9 Å². The van der Waals surface area contributed by atoms with Gasteiger partial charge in [-0.3, -0.25) is 4.90 Å². The molecule has 2 unspecified atom stereocenters. The van der Waals surface area contributed by atoms with Crippen LogP contribution in [-0.4, -0.2) is 49.5 Å². The third-order valence-electron chi connectivity index (χ3n) is 4.68. The largest absolute Gasteiger partial charge is 0.392 e. The van der Waals surface area contributed by atoms with Crippen LogP contribution in [0.4, 0.5) is 10.1 Å². The predicted molar refractivity (Wildman–Crippen MR) is 83.4 cm³/mol. The van der Waals surface area contributed by atoms with E-state index in [4.69, 9.17) is 0 Å². The number of fused-ring (bicyclic) bond motifs is 1. The fourth-order valence-corrected chi connectivity index (χ4v) is 4.76. The molecule has 0 amide bonds. The fraction of sp³-hybridized carbons (Fsp3) is 0.533. The van der Waals surface area contributed by atoms with Crippen molar-refractivity contribution in [1.29, 1.82) is 0 Å². The Morgan fingerprint density at radius 3 is 2.91 bits per heavy atom. The Morgan fingerprint density at radius 2 is 2.17 bits per heavy atom. The SMILES string of the molecule is O=S1(=O)N=C(CN2CC(O)CC2C2CC2)Nc2cccc(F)c21. The summed E-state index contributed by atoms with van der Waals surface area (Å²) in [5, 5.41) is 12.8. The zero-order chi connectivity index (χ0) is 16.2. The van der Waals surface area contributed by atoms with E-state index in [2.05, 4.69) is 14.6 Å². The number of nitrogens with zero attached hydrogens (tertiary/aromatic N) is 2. The first kappa shape index (κ1) is 15.0. The molecular weight excluding hydrogens is 321 g/mol. The van der Waals surface area contributed by atoms with E-state index in [0.29, 0.717) is 19.0 Å². The molecule has 2 heterocycles. The Bertz CT molecular complexity index is 776. The molecule has 2 atom stereocenters. The van der Waals surface area contributed by atoms with E-state index >= 15 is 0 Å². The van der Waals surface area contributed by atoms with Crippen LogP contribution in [0.25, 0.3) is 0 Å². The average molecular weight is 339 g/mol. The lowest BCUT2D eigenvalue weighted by molar-refractivity contribution is 0.180. The summed E-state index contributed by atoms with van der Waals surface area (Å²) in [5.74, 6) is 0.0609. The Balaban J connectivity index is 1.60. The lowest BCUT2D eigenvalue weighted by atomic mass is 10.1. The molecule has 0 radical (unpaired) electrons. The maximum atomic E-state index is 13.8. The highest BCUT2D eigenvalue weighted by Crippen LogP contribution is 2.40. The number of likely N-dealkylation sites (tertiary alicyclic amines) is 1. The maximum absolute atomic E-state index is 13.8. The summed E-state index contributed by atoms with van der Waals surface area (Å²) in [6.45, 7) is 0.825. The van der Waals surface area contributed by atoms with E-state index in [1.54, 1.807) is 0 Å². The summed E-state index contributed by atoms with van der Waals surface area (Å²) < 4.78 is 42.0. The first-order valence-electron chi connectivity index (χ1n) is 7.75. The zero-order valence-corrected chi connectivity index (χ0v) is 13.3. The zero-order valence-electron chi connectivity index (χ0n) is 12.4. The van der Waals surface area contributed by atoms with E-state index in [0.717, 1.165) is 25.3 Å². The summed E-state index contributed by atoms with van der Waals surface area (Å²) >= 11 is 0. The molecule has 2 N–H and O–H groups in total. The highest BCUT2D eigenvalue weighted by Gasteiger charge is 2.42. The molecule has 8 heteroatoms. The smallest absolute Gasteiger partial charge is 0.289 e. The topological polar surface area (TPSA) is 82.0 Å². The highest BCUT2D eigenvalue weighted by atomic mass is 32.2. The van der Waals surface area contributed by atoms with Crippen molar-refractivity contribution in [2.24, 2.45) is 10.3 Å². The summed E-state index contributed by atoms with van der Waals surface area (Å²) in [6, 6.07) is 4.37. The van der Waals surface area contributed by atoms with Crippen LogP contribution in [0.3, 0.4) is 0 Å². The first-order chi connectivity index (χ1) is 10.9. The molecule has 1 saturated heterocycles.